The van der Waals surface area contributed by atoms with Crippen molar-refractivity contribution in [2.24, 2.45) is 5.73 Å². The monoisotopic (exact) mass is 279 g/mol. The third-order valence-corrected chi connectivity index (χ3v) is 3.73. The molecule has 1 rings (SSSR count). The van der Waals surface area contributed by atoms with Crippen LogP contribution in [0, 0.1) is 0 Å². The second kappa shape index (κ2) is 7.29. The van der Waals surface area contributed by atoms with Gasteiger partial charge in [-0.2, -0.15) is 0 Å². The van der Waals surface area contributed by atoms with E-state index in [1.807, 2.05) is 38.1 Å². The Morgan fingerprint density at radius 2 is 1.95 bits per heavy atom. The first-order valence-electron chi connectivity index (χ1n) is 6.99. The van der Waals surface area contributed by atoms with E-state index in [-0.39, 0.29) is 18.4 Å². The summed E-state index contributed by atoms with van der Waals surface area (Å²) in [6, 6.07) is 7.62. The first-order valence-corrected chi connectivity index (χ1v) is 6.99. The molecule has 0 bridgehead atoms. The number of hydrogen-bond acceptors (Lipinski definition) is 4. The molecule has 1 aromatic rings. The van der Waals surface area contributed by atoms with Crippen LogP contribution in [0.15, 0.2) is 24.3 Å². The van der Waals surface area contributed by atoms with Crippen molar-refractivity contribution >= 4 is 5.97 Å². The third-order valence-electron chi connectivity index (χ3n) is 3.73. The predicted octanol–water partition coefficient (Wildman–Crippen LogP) is 2.64. The molecule has 2 N–H and O–H groups in total. The molecule has 0 radical (unpaired) electrons. The van der Waals surface area contributed by atoms with Crippen molar-refractivity contribution < 1.29 is 14.3 Å². The van der Waals surface area contributed by atoms with Crippen LogP contribution in [-0.4, -0.2) is 25.7 Å². The summed E-state index contributed by atoms with van der Waals surface area (Å²) in [5.41, 5.74) is 6.65. The molecule has 4 nitrogen and oxygen atoms in total. The lowest BCUT2D eigenvalue weighted by Crippen LogP contribution is -2.42. The molecule has 0 aliphatic carbocycles. The van der Waals surface area contributed by atoms with Crippen molar-refractivity contribution in [1.82, 2.24) is 0 Å². The maximum absolute atomic E-state index is 11.6. The van der Waals surface area contributed by atoms with Crippen LogP contribution in [0.3, 0.4) is 0 Å². The molecule has 0 aromatic heterocycles. The summed E-state index contributed by atoms with van der Waals surface area (Å²) < 4.78 is 10.3. The Morgan fingerprint density at radius 1 is 1.35 bits per heavy atom. The van der Waals surface area contributed by atoms with Crippen molar-refractivity contribution in [2.75, 3.05) is 13.7 Å². The summed E-state index contributed by atoms with van der Waals surface area (Å²) in [6.07, 6.45) is 1.23. The van der Waals surface area contributed by atoms with Gasteiger partial charge in [-0.05, 0) is 31.0 Å². The van der Waals surface area contributed by atoms with Gasteiger partial charge in [-0.15, -0.1) is 0 Å². The molecule has 0 aliphatic rings. The first kappa shape index (κ1) is 16.5. The van der Waals surface area contributed by atoms with Crippen molar-refractivity contribution in [3.63, 3.8) is 0 Å². The topological polar surface area (TPSA) is 61.5 Å². The van der Waals surface area contributed by atoms with Crippen LogP contribution >= 0.6 is 0 Å². The molecule has 0 saturated carbocycles. The molecule has 2 unspecified atom stereocenters. The van der Waals surface area contributed by atoms with E-state index in [1.54, 1.807) is 0 Å². The number of nitrogens with two attached hydrogens (primary N) is 1. The zero-order valence-corrected chi connectivity index (χ0v) is 12.8. The zero-order valence-electron chi connectivity index (χ0n) is 12.8. The smallest absolute Gasteiger partial charge is 0.306 e. The second-order valence-corrected chi connectivity index (χ2v) is 5.33. The van der Waals surface area contributed by atoms with Gasteiger partial charge in [0, 0.05) is 11.5 Å². The molecular formula is C16H25NO3. The maximum atomic E-state index is 11.6. The van der Waals surface area contributed by atoms with Crippen molar-refractivity contribution in [3.8, 4) is 5.75 Å². The summed E-state index contributed by atoms with van der Waals surface area (Å²) in [5, 5.41) is 0. The van der Waals surface area contributed by atoms with Gasteiger partial charge in [-0.25, -0.2) is 0 Å². The van der Waals surface area contributed by atoms with Crippen LogP contribution in [0.1, 0.15) is 39.2 Å². The lowest BCUT2D eigenvalue weighted by Gasteiger charge is -2.33. The Kier molecular flexibility index (Phi) is 6.02. The van der Waals surface area contributed by atoms with E-state index in [9.17, 15) is 4.79 Å². The zero-order chi connectivity index (χ0) is 15.2. The van der Waals surface area contributed by atoms with Gasteiger partial charge in [0.05, 0.1) is 20.1 Å². The summed E-state index contributed by atoms with van der Waals surface area (Å²) in [6.45, 7) is 6.66. The third kappa shape index (κ3) is 3.97. The molecular weight excluding hydrogens is 254 g/mol. The van der Waals surface area contributed by atoms with Gasteiger partial charge >= 0.3 is 5.97 Å². The van der Waals surface area contributed by atoms with Crippen molar-refractivity contribution in [2.45, 2.75) is 45.1 Å². The minimum atomic E-state index is -0.448. The summed E-state index contributed by atoms with van der Waals surface area (Å²) in [7, 11) is 1.39. The van der Waals surface area contributed by atoms with E-state index in [2.05, 4.69) is 6.92 Å². The quantitative estimate of drug-likeness (QED) is 0.779. The fourth-order valence-corrected chi connectivity index (χ4v) is 2.05. The predicted molar refractivity (Wildman–Crippen MR) is 79.9 cm³/mol. The highest BCUT2D eigenvalue weighted by molar-refractivity contribution is 5.71. The van der Waals surface area contributed by atoms with E-state index in [0.717, 1.165) is 17.7 Å². The second-order valence-electron chi connectivity index (χ2n) is 5.33. The minimum Gasteiger partial charge on any atom is -0.494 e. The Labute approximate surface area is 121 Å². The number of carbonyl (C=O) groups excluding carboxylic acids is 1. The standard InChI is InChI=1S/C16H25NO3/c1-5-10-20-14-8-6-13(7-9-14)16(3,12(2)17)11-15(18)19-4/h6-9,12H,5,10-11,17H2,1-4H3. The number of methoxy groups -OCH3 is 1. The molecule has 0 heterocycles. The highest BCUT2D eigenvalue weighted by atomic mass is 16.5. The maximum Gasteiger partial charge on any atom is 0.306 e. The normalized spacial score (nSPS) is 15.2. The molecule has 0 amide bonds. The molecule has 0 spiro atoms. The number of benzene rings is 1. The molecule has 2 atom stereocenters. The Morgan fingerprint density at radius 3 is 2.40 bits per heavy atom. The van der Waals surface area contributed by atoms with Gasteiger partial charge in [-0.1, -0.05) is 26.0 Å². The number of esters is 1. The van der Waals surface area contributed by atoms with Crippen LogP contribution in [0.4, 0.5) is 0 Å². The summed E-state index contributed by atoms with van der Waals surface area (Å²) in [4.78, 5) is 11.6. The molecule has 0 saturated heterocycles. The molecule has 112 valence electrons. The van der Waals surface area contributed by atoms with Crippen LogP contribution in [-0.2, 0) is 14.9 Å². The lowest BCUT2D eigenvalue weighted by atomic mass is 9.74. The van der Waals surface area contributed by atoms with Gasteiger partial charge in [0.15, 0.2) is 0 Å². The number of ether oxygens (including phenoxy) is 2. The minimum absolute atomic E-state index is 0.163. The average Bonchev–Trinajstić information content (AvgIpc) is 2.45. The van der Waals surface area contributed by atoms with Crippen LogP contribution in [0.5, 0.6) is 5.75 Å². The SMILES string of the molecule is CCCOc1ccc(C(C)(CC(=O)OC)C(C)N)cc1. The van der Waals surface area contributed by atoms with Crippen molar-refractivity contribution in [1.29, 1.82) is 0 Å². The molecule has 1 aromatic carbocycles. The first-order chi connectivity index (χ1) is 9.43. The summed E-state index contributed by atoms with van der Waals surface area (Å²) >= 11 is 0. The number of rotatable bonds is 7. The van der Waals surface area contributed by atoms with E-state index >= 15 is 0 Å². The highest BCUT2D eigenvalue weighted by Gasteiger charge is 2.34. The van der Waals surface area contributed by atoms with Gasteiger partial charge < -0.3 is 15.2 Å². The van der Waals surface area contributed by atoms with E-state index in [1.165, 1.54) is 7.11 Å². The van der Waals surface area contributed by atoms with Crippen molar-refractivity contribution in [3.05, 3.63) is 29.8 Å². The fraction of sp³-hybridized carbons (Fsp3) is 0.562. The van der Waals surface area contributed by atoms with Gasteiger partial charge in [0.2, 0.25) is 0 Å². The molecule has 0 aliphatic heterocycles. The highest BCUT2D eigenvalue weighted by Crippen LogP contribution is 2.32. The Balaban J connectivity index is 2.94. The van der Waals surface area contributed by atoms with Gasteiger partial charge in [-0.3, -0.25) is 4.79 Å². The van der Waals surface area contributed by atoms with Gasteiger partial charge in [0.1, 0.15) is 5.75 Å². The molecule has 20 heavy (non-hydrogen) atoms. The number of hydrogen-bond donors (Lipinski definition) is 1. The molecule has 0 fully saturated rings. The average molecular weight is 279 g/mol. The van der Waals surface area contributed by atoms with E-state index < -0.39 is 5.41 Å². The summed E-state index contributed by atoms with van der Waals surface area (Å²) in [5.74, 6) is 0.580. The van der Waals surface area contributed by atoms with Gasteiger partial charge in [0.25, 0.3) is 0 Å². The van der Waals surface area contributed by atoms with Crippen LogP contribution in [0.25, 0.3) is 0 Å². The number of carbonyl (C=O) groups is 1. The molecule has 4 heteroatoms. The Bertz CT molecular complexity index is 428. The van der Waals surface area contributed by atoms with Crippen LogP contribution < -0.4 is 10.5 Å². The van der Waals surface area contributed by atoms with E-state index in [4.69, 9.17) is 15.2 Å². The van der Waals surface area contributed by atoms with Crippen LogP contribution in [0.2, 0.25) is 0 Å². The fourth-order valence-electron chi connectivity index (χ4n) is 2.05. The van der Waals surface area contributed by atoms with E-state index in [0.29, 0.717) is 6.61 Å². The lowest BCUT2D eigenvalue weighted by molar-refractivity contribution is -0.142. The Hall–Kier alpha value is -1.55. The largest absolute Gasteiger partial charge is 0.494 e.